The van der Waals surface area contributed by atoms with Crippen LogP contribution in [-0.2, 0) is 34.2 Å². The Bertz CT molecular complexity index is 510. The normalized spacial score (nSPS) is 12.1. The molecule has 0 amide bonds. The molecule has 0 spiro atoms. The fraction of sp³-hybridized carbons (Fsp3) is 0.889. The van der Waals surface area contributed by atoms with E-state index in [4.69, 9.17) is 9.29 Å². The fourth-order valence-electron chi connectivity index (χ4n) is 2.48. The molecule has 0 aromatic rings. The first-order chi connectivity index (χ1) is 12.8. The maximum absolute atomic E-state index is 11.8. The van der Waals surface area contributed by atoms with Crippen LogP contribution in [-0.4, -0.2) is 72.9 Å². The molecule has 0 aliphatic heterocycles. The van der Waals surface area contributed by atoms with Crippen LogP contribution in [0.2, 0.25) is 0 Å². The van der Waals surface area contributed by atoms with Crippen molar-refractivity contribution in [3.63, 3.8) is 0 Å². The molecule has 0 heterocycles. The fourth-order valence-corrected chi connectivity index (χ4v) is 3.13. The Kier molecular flexibility index (Phi) is 20.2. The van der Waals surface area contributed by atoms with Gasteiger partial charge in [-0.3, -0.25) is 14.2 Å². The second-order valence-corrected chi connectivity index (χ2v) is 8.02. The summed E-state index contributed by atoms with van der Waals surface area (Å²) in [5.41, 5.74) is 0. The van der Waals surface area contributed by atoms with Gasteiger partial charge in [0, 0.05) is 29.6 Å². The molecular formula is C18H34NaO8S. The van der Waals surface area contributed by atoms with Crippen molar-refractivity contribution in [3.8, 4) is 0 Å². The first-order valence-electron chi connectivity index (χ1n) is 9.78. The van der Waals surface area contributed by atoms with E-state index in [0.717, 1.165) is 19.3 Å². The molecule has 0 saturated carbocycles. The zero-order chi connectivity index (χ0) is 20.5. The van der Waals surface area contributed by atoms with E-state index in [1.807, 2.05) is 0 Å². The molecule has 0 saturated heterocycles. The van der Waals surface area contributed by atoms with Gasteiger partial charge in [0.15, 0.2) is 5.25 Å². The zero-order valence-corrected chi connectivity index (χ0v) is 20.3. The SMILES string of the molecule is CCCCCCCCCCCCOC(=O)C(CC(=O)OOCC)S(=O)(=O)O.[Na]. The number of esters is 1. The van der Waals surface area contributed by atoms with Crippen LogP contribution in [0.15, 0.2) is 0 Å². The molecule has 0 aliphatic carbocycles. The molecule has 1 atom stereocenters. The summed E-state index contributed by atoms with van der Waals surface area (Å²) in [6.07, 6.45) is 10.3. The minimum absolute atomic E-state index is 0. The monoisotopic (exact) mass is 433 g/mol. The van der Waals surface area contributed by atoms with E-state index in [2.05, 4.69) is 16.7 Å². The standard InChI is InChI=1S/C18H34O8S.Na/c1-3-5-6-7-8-9-10-11-12-13-14-24-18(20)16(27(21,22)23)15-17(19)26-25-4-2;/h16H,3-15H2,1-2H3,(H,21,22,23);. The topological polar surface area (TPSA) is 116 Å². The van der Waals surface area contributed by atoms with Gasteiger partial charge >= 0.3 is 11.9 Å². The first kappa shape index (κ1) is 30.0. The second kappa shape index (κ2) is 18.8. The van der Waals surface area contributed by atoms with Crippen LogP contribution in [0.5, 0.6) is 0 Å². The molecule has 0 aromatic carbocycles. The van der Waals surface area contributed by atoms with E-state index in [1.165, 1.54) is 38.5 Å². The quantitative estimate of drug-likeness (QED) is 0.0928. The van der Waals surface area contributed by atoms with Crippen LogP contribution in [0.4, 0.5) is 0 Å². The number of unbranched alkanes of at least 4 members (excludes halogenated alkanes) is 9. The number of carbonyl (C=O) groups excluding carboxylic acids is 2. The Labute approximate surface area is 191 Å². The summed E-state index contributed by atoms with van der Waals surface area (Å²) in [6.45, 7) is 3.87. The molecule has 1 unspecified atom stereocenters. The predicted molar refractivity (Wildman–Crippen MR) is 106 cm³/mol. The number of carbonyl (C=O) groups is 2. The Hall–Kier alpha value is -0.190. The van der Waals surface area contributed by atoms with Gasteiger partial charge in [0.05, 0.1) is 19.6 Å². The second-order valence-electron chi connectivity index (χ2n) is 6.42. The van der Waals surface area contributed by atoms with Gasteiger partial charge in [0.25, 0.3) is 10.1 Å². The molecule has 1 radical (unpaired) electrons. The summed E-state index contributed by atoms with van der Waals surface area (Å²) >= 11 is 0. The Morgan fingerprint density at radius 3 is 1.86 bits per heavy atom. The van der Waals surface area contributed by atoms with E-state index in [9.17, 15) is 18.0 Å². The first-order valence-corrected chi connectivity index (χ1v) is 11.3. The van der Waals surface area contributed by atoms with Crippen LogP contribution >= 0.6 is 0 Å². The van der Waals surface area contributed by atoms with Crippen molar-refractivity contribution < 1.29 is 37.1 Å². The van der Waals surface area contributed by atoms with Crippen molar-refractivity contribution in [1.82, 2.24) is 0 Å². The van der Waals surface area contributed by atoms with Gasteiger partial charge in [-0.2, -0.15) is 13.3 Å². The number of hydrogen-bond donors (Lipinski definition) is 1. The molecule has 0 bridgehead atoms. The Morgan fingerprint density at radius 2 is 1.39 bits per heavy atom. The van der Waals surface area contributed by atoms with Crippen molar-refractivity contribution in [2.75, 3.05) is 13.2 Å². The maximum Gasteiger partial charge on any atom is 0.344 e. The minimum Gasteiger partial charge on any atom is -0.465 e. The van der Waals surface area contributed by atoms with E-state index >= 15 is 0 Å². The van der Waals surface area contributed by atoms with Crippen molar-refractivity contribution in [2.24, 2.45) is 0 Å². The molecule has 28 heavy (non-hydrogen) atoms. The van der Waals surface area contributed by atoms with Crippen LogP contribution in [0.1, 0.15) is 84.5 Å². The molecule has 8 nitrogen and oxygen atoms in total. The van der Waals surface area contributed by atoms with Crippen molar-refractivity contribution in [1.29, 1.82) is 0 Å². The maximum atomic E-state index is 11.8. The average molecular weight is 434 g/mol. The smallest absolute Gasteiger partial charge is 0.344 e. The number of hydrogen-bond acceptors (Lipinski definition) is 7. The van der Waals surface area contributed by atoms with Gasteiger partial charge < -0.3 is 4.74 Å². The van der Waals surface area contributed by atoms with Gasteiger partial charge in [-0.1, -0.05) is 64.7 Å². The molecule has 1 N–H and O–H groups in total. The molecule has 161 valence electrons. The molecule has 0 aliphatic rings. The average Bonchev–Trinajstić information content (AvgIpc) is 2.61. The van der Waals surface area contributed by atoms with Gasteiger partial charge in [-0.05, 0) is 13.3 Å². The summed E-state index contributed by atoms with van der Waals surface area (Å²) in [4.78, 5) is 31.9. The van der Waals surface area contributed by atoms with Gasteiger partial charge in [0.2, 0.25) is 0 Å². The molecule has 10 heteroatoms. The number of rotatable bonds is 17. The van der Waals surface area contributed by atoms with Crippen molar-refractivity contribution >= 4 is 51.6 Å². The summed E-state index contributed by atoms with van der Waals surface area (Å²) in [5.74, 6) is -2.24. The van der Waals surface area contributed by atoms with Crippen LogP contribution in [0.25, 0.3) is 0 Å². The predicted octanol–water partition coefficient (Wildman–Crippen LogP) is 3.21. The van der Waals surface area contributed by atoms with E-state index in [1.54, 1.807) is 6.92 Å². The molecular weight excluding hydrogens is 399 g/mol. The summed E-state index contributed by atoms with van der Waals surface area (Å²) in [7, 11) is -4.78. The third-order valence-electron chi connectivity index (χ3n) is 3.99. The largest absolute Gasteiger partial charge is 0.465 e. The Morgan fingerprint density at radius 1 is 0.893 bits per heavy atom. The Balaban J connectivity index is 0. The van der Waals surface area contributed by atoms with E-state index < -0.39 is 33.7 Å². The zero-order valence-electron chi connectivity index (χ0n) is 17.5. The third kappa shape index (κ3) is 16.7. The van der Waals surface area contributed by atoms with Crippen LogP contribution in [0, 0.1) is 0 Å². The summed E-state index contributed by atoms with van der Waals surface area (Å²) in [5, 5.41) is -2.01. The van der Waals surface area contributed by atoms with Gasteiger partial charge in [-0.25, -0.2) is 4.79 Å². The van der Waals surface area contributed by atoms with Crippen molar-refractivity contribution in [2.45, 2.75) is 89.7 Å². The van der Waals surface area contributed by atoms with Crippen molar-refractivity contribution in [3.05, 3.63) is 0 Å². The van der Waals surface area contributed by atoms with Crippen LogP contribution < -0.4 is 0 Å². The third-order valence-corrected chi connectivity index (χ3v) is 5.06. The minimum atomic E-state index is -4.78. The molecule has 0 fully saturated rings. The summed E-state index contributed by atoms with van der Waals surface area (Å²) < 4.78 is 36.6. The van der Waals surface area contributed by atoms with E-state index in [-0.39, 0.29) is 42.8 Å². The van der Waals surface area contributed by atoms with Gasteiger partial charge in [0.1, 0.15) is 0 Å². The van der Waals surface area contributed by atoms with Crippen LogP contribution in [0.3, 0.4) is 0 Å². The van der Waals surface area contributed by atoms with Gasteiger partial charge in [-0.15, -0.1) is 0 Å². The number of ether oxygens (including phenoxy) is 1. The molecule has 0 aromatic heterocycles. The van der Waals surface area contributed by atoms with E-state index in [0.29, 0.717) is 6.42 Å². The summed E-state index contributed by atoms with van der Waals surface area (Å²) in [6, 6.07) is 0. The molecule has 0 rings (SSSR count).